The van der Waals surface area contributed by atoms with Crippen molar-refractivity contribution in [1.29, 1.82) is 0 Å². The second-order valence-corrected chi connectivity index (χ2v) is 5.29. The smallest absolute Gasteiger partial charge is 0.251 e. The molecule has 2 amide bonds. The minimum atomic E-state index is -0.196. The molecule has 2 rings (SSSR count). The average molecular weight is 339 g/mol. The van der Waals surface area contributed by atoms with E-state index in [1.807, 2.05) is 42.5 Å². The molecule has 0 saturated carbocycles. The Morgan fingerprint density at radius 1 is 1.08 bits per heavy atom. The number of carbonyl (C=O) groups is 2. The first-order valence-electron chi connectivity index (χ1n) is 7.98. The van der Waals surface area contributed by atoms with E-state index in [4.69, 9.17) is 4.74 Å². The summed E-state index contributed by atoms with van der Waals surface area (Å²) in [5.74, 6) is 0.427. The normalized spacial score (nSPS) is 10.4. The summed E-state index contributed by atoms with van der Waals surface area (Å²) in [6.45, 7) is 0.434. The van der Waals surface area contributed by atoms with Crippen LogP contribution in [0.25, 0.3) is 0 Å². The SMILES string of the molecule is COc1ccc(/C=N/NC(=O)CCCNC(=O)c2ccccc2)cc1. The van der Waals surface area contributed by atoms with E-state index < -0.39 is 0 Å². The van der Waals surface area contributed by atoms with E-state index in [2.05, 4.69) is 15.8 Å². The summed E-state index contributed by atoms with van der Waals surface area (Å²) in [6, 6.07) is 16.3. The third-order valence-electron chi connectivity index (χ3n) is 3.42. The molecule has 0 aliphatic carbocycles. The van der Waals surface area contributed by atoms with Gasteiger partial charge in [0.05, 0.1) is 13.3 Å². The molecule has 0 spiro atoms. The van der Waals surface area contributed by atoms with Crippen LogP contribution in [0, 0.1) is 0 Å². The van der Waals surface area contributed by atoms with E-state index in [0.29, 0.717) is 18.5 Å². The van der Waals surface area contributed by atoms with Gasteiger partial charge in [-0.2, -0.15) is 5.10 Å². The van der Waals surface area contributed by atoms with Gasteiger partial charge in [-0.1, -0.05) is 18.2 Å². The van der Waals surface area contributed by atoms with Crippen LogP contribution in [0.1, 0.15) is 28.8 Å². The lowest BCUT2D eigenvalue weighted by Crippen LogP contribution is -2.26. The third kappa shape index (κ3) is 6.47. The van der Waals surface area contributed by atoms with Crippen LogP contribution in [0.4, 0.5) is 0 Å². The minimum Gasteiger partial charge on any atom is -0.497 e. The van der Waals surface area contributed by atoms with Crippen molar-refractivity contribution in [2.24, 2.45) is 5.10 Å². The Labute approximate surface area is 146 Å². The lowest BCUT2D eigenvalue weighted by Gasteiger charge is -2.04. The van der Waals surface area contributed by atoms with Gasteiger partial charge in [-0.15, -0.1) is 0 Å². The van der Waals surface area contributed by atoms with Gasteiger partial charge in [0.25, 0.3) is 5.91 Å². The zero-order valence-electron chi connectivity index (χ0n) is 14.1. The maximum absolute atomic E-state index is 11.8. The summed E-state index contributed by atoms with van der Waals surface area (Å²) in [5, 5.41) is 6.68. The van der Waals surface area contributed by atoms with Crippen LogP contribution in [-0.4, -0.2) is 31.7 Å². The summed E-state index contributed by atoms with van der Waals surface area (Å²) < 4.78 is 5.07. The molecule has 25 heavy (non-hydrogen) atoms. The number of methoxy groups -OCH3 is 1. The molecule has 0 unspecified atom stereocenters. The minimum absolute atomic E-state index is 0.140. The molecule has 0 aromatic heterocycles. The quantitative estimate of drug-likeness (QED) is 0.440. The molecule has 0 aliphatic rings. The Morgan fingerprint density at radius 2 is 1.80 bits per heavy atom. The number of nitrogens with zero attached hydrogens (tertiary/aromatic N) is 1. The number of rotatable bonds is 8. The van der Waals surface area contributed by atoms with Crippen LogP contribution in [0.2, 0.25) is 0 Å². The van der Waals surface area contributed by atoms with Crippen LogP contribution in [0.15, 0.2) is 59.7 Å². The van der Waals surface area contributed by atoms with Gasteiger partial charge in [0, 0.05) is 18.5 Å². The zero-order chi connectivity index (χ0) is 17.9. The number of nitrogens with one attached hydrogen (secondary N) is 2. The van der Waals surface area contributed by atoms with Crippen molar-refractivity contribution in [2.45, 2.75) is 12.8 Å². The molecule has 0 aliphatic heterocycles. The van der Waals surface area contributed by atoms with Gasteiger partial charge in [-0.05, 0) is 48.4 Å². The summed E-state index contributed by atoms with van der Waals surface area (Å²) in [7, 11) is 1.60. The van der Waals surface area contributed by atoms with E-state index in [0.717, 1.165) is 11.3 Å². The highest BCUT2D eigenvalue weighted by Crippen LogP contribution is 2.09. The molecule has 0 atom stereocenters. The lowest BCUT2D eigenvalue weighted by atomic mass is 10.2. The maximum Gasteiger partial charge on any atom is 0.251 e. The lowest BCUT2D eigenvalue weighted by molar-refractivity contribution is -0.121. The predicted octanol–water partition coefficient (Wildman–Crippen LogP) is 2.36. The largest absolute Gasteiger partial charge is 0.497 e. The molecule has 2 aromatic rings. The summed E-state index contributed by atoms with van der Waals surface area (Å²) in [4.78, 5) is 23.5. The number of hydrogen-bond acceptors (Lipinski definition) is 4. The molecule has 0 radical (unpaired) electrons. The number of hydrogen-bond donors (Lipinski definition) is 2. The van der Waals surface area contributed by atoms with Crippen LogP contribution >= 0.6 is 0 Å². The molecule has 0 heterocycles. The highest BCUT2D eigenvalue weighted by Gasteiger charge is 2.04. The van der Waals surface area contributed by atoms with Gasteiger partial charge < -0.3 is 10.1 Å². The molecule has 0 saturated heterocycles. The van der Waals surface area contributed by atoms with Gasteiger partial charge >= 0.3 is 0 Å². The Bertz CT molecular complexity index is 712. The van der Waals surface area contributed by atoms with E-state index >= 15 is 0 Å². The van der Waals surface area contributed by atoms with Crippen molar-refractivity contribution >= 4 is 18.0 Å². The molecular formula is C19H21N3O3. The number of carbonyl (C=O) groups excluding carboxylic acids is 2. The summed E-state index contributed by atoms with van der Waals surface area (Å²) in [6.07, 6.45) is 2.39. The number of benzene rings is 2. The standard InChI is InChI=1S/C19H21N3O3/c1-25-17-11-9-15(10-12-17)14-21-22-18(23)8-5-13-20-19(24)16-6-3-2-4-7-16/h2-4,6-7,9-12,14H,5,8,13H2,1H3,(H,20,24)(H,22,23)/b21-14+. The number of hydrazone groups is 1. The maximum atomic E-state index is 11.8. The fourth-order valence-corrected chi connectivity index (χ4v) is 2.07. The Balaban J connectivity index is 1.63. The highest BCUT2D eigenvalue weighted by atomic mass is 16.5. The highest BCUT2D eigenvalue weighted by molar-refractivity contribution is 5.94. The first-order valence-corrected chi connectivity index (χ1v) is 7.98. The molecule has 130 valence electrons. The van der Waals surface area contributed by atoms with Gasteiger partial charge in [0.2, 0.25) is 5.91 Å². The topological polar surface area (TPSA) is 79.8 Å². The average Bonchev–Trinajstić information content (AvgIpc) is 2.66. The van der Waals surface area contributed by atoms with Gasteiger partial charge in [-0.25, -0.2) is 5.43 Å². The summed E-state index contributed by atoms with van der Waals surface area (Å²) in [5.41, 5.74) is 3.93. The van der Waals surface area contributed by atoms with E-state index in [9.17, 15) is 9.59 Å². The molecule has 0 bridgehead atoms. The van der Waals surface area contributed by atoms with E-state index in [1.54, 1.807) is 25.5 Å². The summed E-state index contributed by atoms with van der Waals surface area (Å²) >= 11 is 0. The predicted molar refractivity (Wildman–Crippen MR) is 96.7 cm³/mol. The van der Waals surface area contributed by atoms with Gasteiger partial charge in [-0.3, -0.25) is 9.59 Å². The van der Waals surface area contributed by atoms with Gasteiger partial charge in [0.1, 0.15) is 5.75 Å². The van der Waals surface area contributed by atoms with Crippen LogP contribution in [0.3, 0.4) is 0 Å². The van der Waals surface area contributed by atoms with Gasteiger partial charge in [0.15, 0.2) is 0 Å². The fourth-order valence-electron chi connectivity index (χ4n) is 2.07. The number of ether oxygens (including phenoxy) is 1. The molecule has 2 aromatic carbocycles. The molecular weight excluding hydrogens is 318 g/mol. The Morgan fingerprint density at radius 3 is 2.48 bits per heavy atom. The van der Waals surface area contributed by atoms with E-state index in [1.165, 1.54) is 0 Å². The van der Waals surface area contributed by atoms with Crippen LogP contribution in [-0.2, 0) is 4.79 Å². The van der Waals surface area contributed by atoms with Crippen molar-refractivity contribution in [3.8, 4) is 5.75 Å². The first kappa shape index (κ1) is 18.2. The Hall–Kier alpha value is -3.15. The first-order chi connectivity index (χ1) is 12.2. The molecule has 6 nitrogen and oxygen atoms in total. The van der Waals surface area contributed by atoms with Crippen molar-refractivity contribution in [2.75, 3.05) is 13.7 Å². The zero-order valence-corrected chi connectivity index (χ0v) is 14.1. The fraction of sp³-hybridized carbons (Fsp3) is 0.211. The van der Waals surface area contributed by atoms with E-state index in [-0.39, 0.29) is 18.2 Å². The van der Waals surface area contributed by atoms with Crippen molar-refractivity contribution < 1.29 is 14.3 Å². The van der Waals surface area contributed by atoms with Crippen molar-refractivity contribution in [3.63, 3.8) is 0 Å². The molecule has 0 fully saturated rings. The second kappa shape index (κ2) is 9.87. The molecule has 2 N–H and O–H groups in total. The third-order valence-corrected chi connectivity index (χ3v) is 3.42. The van der Waals surface area contributed by atoms with Crippen LogP contribution in [0.5, 0.6) is 5.75 Å². The second-order valence-electron chi connectivity index (χ2n) is 5.29. The number of amides is 2. The van der Waals surface area contributed by atoms with Crippen molar-refractivity contribution in [3.05, 3.63) is 65.7 Å². The monoisotopic (exact) mass is 339 g/mol. The molecule has 6 heteroatoms. The Kier molecular flexibility index (Phi) is 7.18. The van der Waals surface area contributed by atoms with Crippen LogP contribution < -0.4 is 15.5 Å². The van der Waals surface area contributed by atoms with Crippen molar-refractivity contribution in [1.82, 2.24) is 10.7 Å².